The molecule has 144 valence electrons. The van der Waals surface area contributed by atoms with E-state index >= 15 is 0 Å². The number of rotatable bonds is 5. The van der Waals surface area contributed by atoms with Crippen molar-refractivity contribution >= 4 is 34.3 Å². The molecule has 4 heterocycles. The van der Waals surface area contributed by atoms with Gasteiger partial charge in [0.2, 0.25) is 5.91 Å². The molecule has 0 radical (unpaired) electrons. The maximum atomic E-state index is 12.4. The Morgan fingerprint density at radius 1 is 1.39 bits per heavy atom. The van der Waals surface area contributed by atoms with Crippen molar-refractivity contribution in [3.05, 3.63) is 59.3 Å². The van der Waals surface area contributed by atoms with Gasteiger partial charge in [-0.3, -0.25) is 4.79 Å². The molecule has 0 bridgehead atoms. The van der Waals surface area contributed by atoms with Crippen LogP contribution in [0.15, 0.2) is 42.3 Å². The Morgan fingerprint density at radius 2 is 2.25 bits per heavy atom. The number of pyridine rings is 1. The SMILES string of the molecule is Cc1cccnc1Nc1nc(C2CCN(C(=O)/C=C/c3cnc[nH]3)CC2)cs1. The first-order chi connectivity index (χ1) is 13.7. The number of nitrogens with one attached hydrogen (secondary N) is 2. The highest BCUT2D eigenvalue weighted by Crippen LogP contribution is 2.31. The number of carbonyl (C=O) groups excluding carboxylic acids is 1. The van der Waals surface area contributed by atoms with E-state index in [1.807, 2.05) is 24.0 Å². The normalized spacial score (nSPS) is 15.2. The van der Waals surface area contributed by atoms with Crippen LogP contribution in [0, 0.1) is 6.92 Å². The second-order valence-corrected chi connectivity index (χ2v) is 7.67. The van der Waals surface area contributed by atoms with Crippen LogP contribution in [0.4, 0.5) is 10.9 Å². The second-order valence-electron chi connectivity index (χ2n) is 6.81. The number of aromatic amines is 1. The summed E-state index contributed by atoms with van der Waals surface area (Å²) in [6, 6.07) is 3.95. The molecule has 1 aliphatic rings. The number of amides is 1. The number of H-pyrrole nitrogens is 1. The number of hydrogen-bond donors (Lipinski definition) is 2. The van der Waals surface area contributed by atoms with Crippen molar-refractivity contribution in [2.24, 2.45) is 0 Å². The molecule has 1 fully saturated rings. The van der Waals surface area contributed by atoms with E-state index in [-0.39, 0.29) is 5.91 Å². The van der Waals surface area contributed by atoms with Crippen LogP contribution in [-0.2, 0) is 4.79 Å². The van der Waals surface area contributed by atoms with Crippen molar-refractivity contribution in [1.82, 2.24) is 24.8 Å². The van der Waals surface area contributed by atoms with Gasteiger partial charge in [0.25, 0.3) is 0 Å². The van der Waals surface area contributed by atoms with Crippen molar-refractivity contribution in [3.8, 4) is 0 Å². The average Bonchev–Trinajstić information content (AvgIpc) is 3.40. The number of aryl methyl sites for hydroxylation is 1. The van der Waals surface area contributed by atoms with Gasteiger partial charge in [0, 0.05) is 36.7 Å². The maximum Gasteiger partial charge on any atom is 0.246 e. The topological polar surface area (TPSA) is 86.8 Å². The Bertz CT molecular complexity index is 957. The van der Waals surface area contributed by atoms with Gasteiger partial charge in [-0.15, -0.1) is 11.3 Å². The Hall–Kier alpha value is -3.00. The Kier molecular flexibility index (Phi) is 5.48. The lowest BCUT2D eigenvalue weighted by Gasteiger charge is -2.30. The smallest absolute Gasteiger partial charge is 0.246 e. The van der Waals surface area contributed by atoms with Crippen LogP contribution >= 0.6 is 11.3 Å². The number of thiazole rings is 1. The van der Waals surface area contributed by atoms with Crippen LogP contribution in [0.5, 0.6) is 0 Å². The maximum absolute atomic E-state index is 12.4. The highest BCUT2D eigenvalue weighted by atomic mass is 32.1. The number of piperidine rings is 1. The molecule has 3 aromatic rings. The molecule has 3 aromatic heterocycles. The van der Waals surface area contributed by atoms with Crippen molar-refractivity contribution in [1.29, 1.82) is 0 Å². The summed E-state index contributed by atoms with van der Waals surface area (Å²) in [5, 5.41) is 6.27. The zero-order valence-corrected chi connectivity index (χ0v) is 16.4. The zero-order chi connectivity index (χ0) is 19.3. The third-order valence-electron chi connectivity index (χ3n) is 4.91. The molecule has 4 rings (SSSR count). The number of nitrogens with zero attached hydrogens (tertiary/aromatic N) is 4. The summed E-state index contributed by atoms with van der Waals surface area (Å²) in [6.07, 6.45) is 10.3. The number of hydrogen-bond acceptors (Lipinski definition) is 6. The van der Waals surface area contributed by atoms with Crippen LogP contribution in [0.3, 0.4) is 0 Å². The summed E-state index contributed by atoms with van der Waals surface area (Å²) in [4.78, 5) is 30.3. The third-order valence-corrected chi connectivity index (χ3v) is 5.68. The highest BCUT2D eigenvalue weighted by molar-refractivity contribution is 7.13. The summed E-state index contributed by atoms with van der Waals surface area (Å²) in [7, 11) is 0. The zero-order valence-electron chi connectivity index (χ0n) is 15.6. The van der Waals surface area contributed by atoms with E-state index in [1.54, 1.807) is 42.2 Å². The second kappa shape index (κ2) is 8.35. The predicted octanol–water partition coefficient (Wildman–Crippen LogP) is 3.73. The van der Waals surface area contributed by atoms with E-state index in [4.69, 9.17) is 4.98 Å². The molecule has 1 amide bonds. The molecule has 0 atom stereocenters. The standard InChI is InChI=1S/C20H22N6OS/c1-14-3-2-8-22-19(14)25-20-24-17(12-28-20)15-6-9-26(10-7-15)18(27)5-4-16-11-21-13-23-16/h2-5,8,11-13,15H,6-7,9-10H2,1H3,(H,21,23)(H,22,24,25)/b5-4+. The highest BCUT2D eigenvalue weighted by Gasteiger charge is 2.24. The van der Waals surface area contributed by atoms with Gasteiger partial charge in [-0.05, 0) is 37.5 Å². The Morgan fingerprint density at radius 3 is 3.00 bits per heavy atom. The quantitative estimate of drug-likeness (QED) is 0.644. The van der Waals surface area contributed by atoms with Crippen LogP contribution in [0.1, 0.15) is 35.7 Å². The van der Waals surface area contributed by atoms with Gasteiger partial charge < -0.3 is 15.2 Å². The number of imidazole rings is 1. The average molecular weight is 395 g/mol. The fourth-order valence-corrected chi connectivity index (χ4v) is 4.06. The first-order valence-corrected chi connectivity index (χ1v) is 10.2. The number of aromatic nitrogens is 4. The third kappa shape index (κ3) is 4.28. The largest absolute Gasteiger partial charge is 0.345 e. The van der Waals surface area contributed by atoms with Crippen LogP contribution in [0.25, 0.3) is 6.08 Å². The molecule has 0 saturated carbocycles. The molecular formula is C20H22N6OS. The molecule has 0 aliphatic carbocycles. The molecule has 0 aromatic carbocycles. The van der Waals surface area contributed by atoms with Gasteiger partial charge >= 0.3 is 0 Å². The van der Waals surface area contributed by atoms with Crippen LogP contribution in [0.2, 0.25) is 0 Å². The summed E-state index contributed by atoms with van der Waals surface area (Å²) < 4.78 is 0. The number of likely N-dealkylation sites (tertiary alicyclic amines) is 1. The number of carbonyl (C=O) groups is 1. The van der Waals surface area contributed by atoms with Crippen LogP contribution in [-0.4, -0.2) is 43.8 Å². The molecule has 2 N–H and O–H groups in total. The fourth-order valence-electron chi connectivity index (χ4n) is 3.27. The predicted molar refractivity (Wildman–Crippen MR) is 111 cm³/mol. The molecule has 1 saturated heterocycles. The van der Waals surface area contributed by atoms with Crippen molar-refractivity contribution in [2.45, 2.75) is 25.7 Å². The van der Waals surface area contributed by atoms with Crippen molar-refractivity contribution in [3.63, 3.8) is 0 Å². The van der Waals surface area contributed by atoms with Crippen molar-refractivity contribution in [2.75, 3.05) is 18.4 Å². The van der Waals surface area contributed by atoms with Gasteiger partial charge in [0.1, 0.15) is 5.82 Å². The first kappa shape index (κ1) is 18.4. The van der Waals surface area contributed by atoms with E-state index in [1.165, 1.54) is 0 Å². The first-order valence-electron chi connectivity index (χ1n) is 9.28. The van der Waals surface area contributed by atoms with Gasteiger partial charge in [0.05, 0.1) is 23.9 Å². The van der Waals surface area contributed by atoms with Gasteiger partial charge in [-0.25, -0.2) is 15.0 Å². The van der Waals surface area contributed by atoms with Gasteiger partial charge in [-0.2, -0.15) is 0 Å². The summed E-state index contributed by atoms with van der Waals surface area (Å²) in [5.41, 5.74) is 3.02. The summed E-state index contributed by atoms with van der Waals surface area (Å²) in [5.74, 6) is 1.27. The van der Waals surface area contributed by atoms with E-state index in [0.29, 0.717) is 5.92 Å². The van der Waals surface area contributed by atoms with Gasteiger partial charge in [0.15, 0.2) is 5.13 Å². The lowest BCUT2D eigenvalue weighted by atomic mass is 9.94. The minimum Gasteiger partial charge on any atom is -0.345 e. The van der Waals surface area contributed by atoms with Gasteiger partial charge in [-0.1, -0.05) is 6.07 Å². The minimum absolute atomic E-state index is 0.0410. The molecule has 0 unspecified atom stereocenters. The summed E-state index contributed by atoms with van der Waals surface area (Å²) >= 11 is 1.60. The lowest BCUT2D eigenvalue weighted by Crippen LogP contribution is -2.36. The Labute approximate surface area is 167 Å². The van der Waals surface area contributed by atoms with E-state index in [0.717, 1.165) is 53.8 Å². The van der Waals surface area contributed by atoms with Crippen LogP contribution < -0.4 is 5.32 Å². The molecule has 0 spiro atoms. The van der Waals surface area contributed by atoms with E-state index < -0.39 is 0 Å². The molecule has 28 heavy (non-hydrogen) atoms. The minimum atomic E-state index is 0.0410. The lowest BCUT2D eigenvalue weighted by molar-refractivity contribution is -0.126. The summed E-state index contributed by atoms with van der Waals surface area (Å²) in [6.45, 7) is 3.52. The molecular weight excluding hydrogens is 372 g/mol. The van der Waals surface area contributed by atoms with Crippen molar-refractivity contribution < 1.29 is 4.79 Å². The van der Waals surface area contributed by atoms with E-state index in [2.05, 4.69) is 25.6 Å². The fraction of sp³-hybridized carbons (Fsp3) is 0.300. The number of anilines is 2. The monoisotopic (exact) mass is 394 g/mol. The Balaban J connectivity index is 1.32. The molecule has 1 aliphatic heterocycles. The molecule has 8 heteroatoms. The molecule has 7 nitrogen and oxygen atoms in total. The van der Waals surface area contributed by atoms with E-state index in [9.17, 15) is 4.79 Å².